The molecule has 0 bridgehead atoms. The lowest BCUT2D eigenvalue weighted by Crippen LogP contribution is -1.94. The van der Waals surface area contributed by atoms with Gasteiger partial charge in [-0.25, -0.2) is 13.0 Å². The molecule has 0 N–H and O–H groups in total. The Balaban J connectivity index is 2.18. The summed E-state index contributed by atoms with van der Waals surface area (Å²) in [5, 5.41) is 0.477. The highest BCUT2D eigenvalue weighted by molar-refractivity contribution is 7.85. The molecular weight excluding hydrogens is 282 g/mol. The molecule has 102 valence electrons. The summed E-state index contributed by atoms with van der Waals surface area (Å²) in [6.45, 7) is 1.68. The molecule has 1 atom stereocenters. The molecule has 0 aliphatic rings. The fourth-order valence-electron chi connectivity index (χ4n) is 2.08. The van der Waals surface area contributed by atoms with E-state index in [0.29, 0.717) is 26.5 Å². The summed E-state index contributed by atoms with van der Waals surface area (Å²) < 4.78 is 44.3. The quantitative estimate of drug-likeness (QED) is 0.709. The Morgan fingerprint density at radius 2 is 1.65 bits per heavy atom. The van der Waals surface area contributed by atoms with E-state index in [4.69, 9.17) is 4.42 Å². The summed E-state index contributed by atoms with van der Waals surface area (Å²) in [5.41, 5.74) is 0.481. The van der Waals surface area contributed by atoms with Crippen LogP contribution in [0.4, 0.5) is 8.78 Å². The summed E-state index contributed by atoms with van der Waals surface area (Å²) in [4.78, 5) is 0.868. The molecule has 0 spiro atoms. The molecule has 3 rings (SSSR count). The van der Waals surface area contributed by atoms with Gasteiger partial charge in [0.05, 0.1) is 15.7 Å². The van der Waals surface area contributed by atoms with Crippen LogP contribution in [-0.4, -0.2) is 4.21 Å². The van der Waals surface area contributed by atoms with Crippen molar-refractivity contribution in [3.63, 3.8) is 0 Å². The summed E-state index contributed by atoms with van der Waals surface area (Å²) in [6.07, 6.45) is 0. The predicted octanol–water partition coefficient (Wildman–Crippen LogP) is 4.19. The van der Waals surface area contributed by atoms with Crippen molar-refractivity contribution in [1.29, 1.82) is 0 Å². The molecule has 0 fully saturated rings. The minimum Gasteiger partial charge on any atom is -0.460 e. The van der Waals surface area contributed by atoms with Crippen LogP contribution in [0.15, 0.2) is 56.7 Å². The molecule has 0 radical (unpaired) electrons. The van der Waals surface area contributed by atoms with Gasteiger partial charge < -0.3 is 4.42 Å². The number of fused-ring (bicyclic) bond motifs is 1. The van der Waals surface area contributed by atoms with Gasteiger partial charge in [-0.05, 0) is 49.4 Å². The maximum Gasteiger partial charge on any atom is 0.135 e. The maximum atomic E-state index is 13.4. The zero-order valence-corrected chi connectivity index (χ0v) is 11.3. The number of furan rings is 1. The fourth-order valence-corrected chi connectivity index (χ4v) is 3.36. The molecule has 0 aliphatic heterocycles. The molecule has 20 heavy (non-hydrogen) atoms. The second-order valence-electron chi connectivity index (χ2n) is 4.35. The lowest BCUT2D eigenvalue weighted by atomic mass is 10.2. The topological polar surface area (TPSA) is 30.2 Å². The van der Waals surface area contributed by atoms with Gasteiger partial charge in [0.15, 0.2) is 0 Å². The Morgan fingerprint density at radius 1 is 1.00 bits per heavy atom. The minimum absolute atomic E-state index is 0.398. The summed E-state index contributed by atoms with van der Waals surface area (Å²) in [6, 6.07) is 9.46. The van der Waals surface area contributed by atoms with E-state index in [0.717, 1.165) is 0 Å². The molecule has 0 aliphatic carbocycles. The number of benzene rings is 2. The highest BCUT2D eigenvalue weighted by Gasteiger charge is 2.19. The van der Waals surface area contributed by atoms with Gasteiger partial charge in [-0.3, -0.25) is 0 Å². The van der Waals surface area contributed by atoms with Crippen LogP contribution in [0, 0.1) is 18.6 Å². The van der Waals surface area contributed by atoms with Gasteiger partial charge in [0.2, 0.25) is 0 Å². The van der Waals surface area contributed by atoms with Crippen LogP contribution in [0.5, 0.6) is 0 Å². The van der Waals surface area contributed by atoms with Crippen LogP contribution in [0.1, 0.15) is 5.76 Å². The number of rotatable bonds is 2. The fraction of sp³-hybridized carbons (Fsp3) is 0.0667. The van der Waals surface area contributed by atoms with Crippen molar-refractivity contribution < 1.29 is 17.4 Å². The Hall–Kier alpha value is -2.01. The largest absolute Gasteiger partial charge is 0.460 e. The molecular formula is C15H10F2O2S. The summed E-state index contributed by atoms with van der Waals surface area (Å²) in [5.74, 6) is -0.352. The molecule has 0 saturated heterocycles. The predicted molar refractivity (Wildman–Crippen MR) is 72.0 cm³/mol. The van der Waals surface area contributed by atoms with Crippen LogP contribution in [0.25, 0.3) is 11.0 Å². The first-order valence-electron chi connectivity index (χ1n) is 5.92. The van der Waals surface area contributed by atoms with Crippen molar-refractivity contribution in [2.24, 2.45) is 0 Å². The standard InChI is InChI=1S/C15H10F2O2S/c1-9-15(13-8-11(17)4-7-14(13)19-9)20(18)12-5-2-10(16)3-6-12/h2-8H,1H3/t20-/m1/s1. The van der Waals surface area contributed by atoms with E-state index in [1.54, 1.807) is 6.92 Å². The van der Waals surface area contributed by atoms with Crippen molar-refractivity contribution in [3.8, 4) is 0 Å². The van der Waals surface area contributed by atoms with E-state index in [9.17, 15) is 13.0 Å². The molecule has 2 nitrogen and oxygen atoms in total. The van der Waals surface area contributed by atoms with Crippen molar-refractivity contribution in [3.05, 3.63) is 59.9 Å². The normalized spacial score (nSPS) is 12.8. The Bertz CT molecular complexity index is 807. The van der Waals surface area contributed by atoms with E-state index in [1.165, 1.54) is 42.5 Å². The third-order valence-electron chi connectivity index (χ3n) is 2.98. The molecule has 0 saturated carbocycles. The smallest absolute Gasteiger partial charge is 0.135 e. The highest BCUT2D eigenvalue weighted by Crippen LogP contribution is 2.31. The third-order valence-corrected chi connectivity index (χ3v) is 4.56. The Labute approximate surface area is 116 Å². The number of aryl methyl sites for hydroxylation is 1. The van der Waals surface area contributed by atoms with Crippen LogP contribution in [0.3, 0.4) is 0 Å². The zero-order valence-electron chi connectivity index (χ0n) is 10.5. The van der Waals surface area contributed by atoms with Crippen LogP contribution in [0.2, 0.25) is 0 Å². The van der Waals surface area contributed by atoms with Gasteiger partial charge >= 0.3 is 0 Å². The third kappa shape index (κ3) is 2.14. The van der Waals surface area contributed by atoms with Gasteiger partial charge in [-0.15, -0.1) is 0 Å². The van der Waals surface area contributed by atoms with E-state index in [-0.39, 0.29) is 0 Å². The first kappa shape index (κ1) is 13.0. The van der Waals surface area contributed by atoms with Gasteiger partial charge in [-0.1, -0.05) is 0 Å². The minimum atomic E-state index is -1.55. The van der Waals surface area contributed by atoms with E-state index < -0.39 is 22.4 Å². The monoisotopic (exact) mass is 292 g/mol. The van der Waals surface area contributed by atoms with Crippen LogP contribution < -0.4 is 0 Å². The SMILES string of the molecule is Cc1oc2ccc(F)cc2c1[S@](=O)c1ccc(F)cc1. The van der Waals surface area contributed by atoms with Crippen molar-refractivity contribution in [2.75, 3.05) is 0 Å². The summed E-state index contributed by atoms with van der Waals surface area (Å²) in [7, 11) is -1.55. The molecule has 1 heterocycles. The van der Waals surface area contributed by atoms with Crippen molar-refractivity contribution in [2.45, 2.75) is 16.7 Å². The van der Waals surface area contributed by atoms with Gasteiger partial charge in [-0.2, -0.15) is 0 Å². The van der Waals surface area contributed by atoms with E-state index in [1.807, 2.05) is 0 Å². The van der Waals surface area contributed by atoms with Crippen molar-refractivity contribution in [1.82, 2.24) is 0 Å². The van der Waals surface area contributed by atoms with Crippen LogP contribution in [-0.2, 0) is 10.8 Å². The molecule has 0 unspecified atom stereocenters. The maximum absolute atomic E-state index is 13.4. The average molecular weight is 292 g/mol. The second-order valence-corrected chi connectivity index (χ2v) is 5.77. The van der Waals surface area contributed by atoms with E-state index >= 15 is 0 Å². The van der Waals surface area contributed by atoms with Crippen molar-refractivity contribution >= 4 is 21.8 Å². The number of hydrogen-bond donors (Lipinski definition) is 0. The van der Waals surface area contributed by atoms with Gasteiger partial charge in [0.25, 0.3) is 0 Å². The lowest BCUT2D eigenvalue weighted by Gasteiger charge is -2.01. The second kappa shape index (κ2) is 4.83. The first-order chi connectivity index (χ1) is 9.56. The van der Waals surface area contributed by atoms with Gasteiger partial charge in [0, 0.05) is 10.3 Å². The highest BCUT2D eigenvalue weighted by atomic mass is 32.2. The Morgan fingerprint density at radius 3 is 2.35 bits per heavy atom. The molecule has 3 aromatic rings. The van der Waals surface area contributed by atoms with Gasteiger partial charge in [0.1, 0.15) is 23.0 Å². The lowest BCUT2D eigenvalue weighted by molar-refractivity contribution is 0.565. The number of halogens is 2. The first-order valence-corrected chi connectivity index (χ1v) is 7.07. The molecule has 0 amide bonds. The van der Waals surface area contributed by atoms with Crippen LogP contribution >= 0.6 is 0 Å². The molecule has 2 aromatic carbocycles. The van der Waals surface area contributed by atoms with E-state index in [2.05, 4.69) is 0 Å². The average Bonchev–Trinajstić information content (AvgIpc) is 2.74. The molecule has 5 heteroatoms. The zero-order chi connectivity index (χ0) is 14.3. The number of hydrogen-bond acceptors (Lipinski definition) is 2. The summed E-state index contributed by atoms with van der Waals surface area (Å²) >= 11 is 0. The molecule has 1 aromatic heterocycles. The Kier molecular flexibility index (Phi) is 3.14.